The van der Waals surface area contributed by atoms with Crippen molar-refractivity contribution in [1.82, 2.24) is 4.90 Å². The van der Waals surface area contributed by atoms with E-state index in [1.807, 2.05) is 25.1 Å². The van der Waals surface area contributed by atoms with Crippen LogP contribution in [0.15, 0.2) is 66.2 Å². The van der Waals surface area contributed by atoms with Crippen LogP contribution in [0.3, 0.4) is 0 Å². The summed E-state index contributed by atoms with van der Waals surface area (Å²) in [7, 11) is 0. The van der Waals surface area contributed by atoms with E-state index >= 15 is 0 Å². The Labute approximate surface area is 243 Å². The number of aliphatic carboxylic acids is 1. The van der Waals surface area contributed by atoms with Gasteiger partial charge in [-0.3, -0.25) is 28.9 Å². The van der Waals surface area contributed by atoms with Crippen LogP contribution in [0.4, 0.5) is 5.69 Å². The fourth-order valence-electron chi connectivity index (χ4n) is 7.93. The molecular formula is C33H34N2O7. The van der Waals surface area contributed by atoms with Crippen molar-refractivity contribution in [2.24, 2.45) is 29.1 Å². The van der Waals surface area contributed by atoms with Gasteiger partial charge in [0.15, 0.2) is 0 Å². The molecule has 4 aliphatic rings. The largest absolute Gasteiger partial charge is 0.508 e. The second-order valence-corrected chi connectivity index (χ2v) is 12.1. The number of phenols is 1. The minimum Gasteiger partial charge on any atom is -0.508 e. The number of unbranched alkanes of at least 4 members (excludes halogenated alkanes) is 2. The highest BCUT2D eigenvalue weighted by Gasteiger charge is 2.67. The molecule has 0 radical (unpaired) electrons. The van der Waals surface area contributed by atoms with E-state index in [-0.39, 0.29) is 48.8 Å². The zero-order chi connectivity index (χ0) is 29.8. The van der Waals surface area contributed by atoms with E-state index in [1.165, 1.54) is 9.80 Å². The summed E-state index contributed by atoms with van der Waals surface area (Å²) in [4.78, 5) is 69.1. The molecule has 218 valence electrons. The third-order valence-corrected chi connectivity index (χ3v) is 9.86. The summed E-state index contributed by atoms with van der Waals surface area (Å²) >= 11 is 0. The molecule has 1 saturated carbocycles. The Bertz CT molecular complexity index is 1500. The van der Waals surface area contributed by atoms with Crippen LogP contribution in [0, 0.1) is 29.1 Å². The van der Waals surface area contributed by atoms with Crippen LogP contribution < -0.4 is 4.90 Å². The van der Waals surface area contributed by atoms with Gasteiger partial charge < -0.3 is 10.2 Å². The predicted molar refractivity (Wildman–Crippen MR) is 152 cm³/mol. The molecule has 2 aliphatic carbocycles. The second kappa shape index (κ2) is 10.5. The number of phenolic OH excluding ortho intramolecular Hbond substituents is 1. The molecule has 4 amide bonds. The molecule has 9 nitrogen and oxygen atoms in total. The van der Waals surface area contributed by atoms with Gasteiger partial charge >= 0.3 is 5.97 Å². The lowest BCUT2D eigenvalue weighted by Gasteiger charge is -2.49. The van der Waals surface area contributed by atoms with Gasteiger partial charge in [-0.25, -0.2) is 4.90 Å². The number of imide groups is 2. The number of aromatic hydroxyl groups is 1. The van der Waals surface area contributed by atoms with Crippen molar-refractivity contribution in [3.8, 4) is 5.75 Å². The SMILES string of the molecule is C[C@@]12C(=O)N(c3ccccc3)C(=O)[C@@H]1C[C@@H]1C(=CC[C@@H]3C(=O)N(CCCCCC(=O)O)C(=O)[C@@H]31)[C@@H]2c1cccc(O)c1. The van der Waals surface area contributed by atoms with Crippen LogP contribution in [-0.4, -0.2) is 51.3 Å². The number of nitrogens with zero attached hydrogens (tertiary/aromatic N) is 2. The first-order valence-electron chi connectivity index (χ1n) is 14.6. The Morgan fingerprint density at radius 1 is 0.929 bits per heavy atom. The first-order chi connectivity index (χ1) is 20.1. The third-order valence-electron chi connectivity index (χ3n) is 9.86. The number of carboxylic acid groups (broad SMARTS) is 1. The molecule has 6 atom stereocenters. The number of allylic oxidation sites excluding steroid dienone is 2. The summed E-state index contributed by atoms with van der Waals surface area (Å²) in [6.07, 6.45) is 4.28. The number of likely N-dealkylation sites (tertiary alicyclic amines) is 1. The number of anilines is 1. The molecule has 0 aromatic heterocycles. The van der Waals surface area contributed by atoms with Gasteiger partial charge in [-0.15, -0.1) is 0 Å². The molecule has 0 spiro atoms. The van der Waals surface area contributed by atoms with Crippen LogP contribution >= 0.6 is 0 Å². The molecule has 2 N–H and O–H groups in total. The van der Waals surface area contributed by atoms with Crippen LogP contribution in [0.5, 0.6) is 5.75 Å². The predicted octanol–water partition coefficient (Wildman–Crippen LogP) is 4.27. The molecule has 42 heavy (non-hydrogen) atoms. The standard InChI is InChI=1S/C33H34N2O7/c1-33-25(30(40)35(32(33)42)20-10-4-2-5-11-20)18-24-22(28(33)19-9-8-12-21(36)17-19)14-15-23-27(24)31(41)34(29(23)39)16-7-3-6-13-26(37)38/h2,4-5,8-12,14,17,23-25,27-28,36H,3,6-7,13,15-16,18H2,1H3,(H,37,38)/t23-,24+,25-,27-,28-,33+/m0/s1. The zero-order valence-corrected chi connectivity index (χ0v) is 23.4. The molecule has 2 aromatic rings. The van der Waals surface area contributed by atoms with Gasteiger partial charge in [-0.2, -0.15) is 0 Å². The van der Waals surface area contributed by atoms with Crippen LogP contribution in [0.1, 0.15) is 56.9 Å². The van der Waals surface area contributed by atoms with Crippen molar-refractivity contribution in [2.45, 2.75) is 51.4 Å². The Morgan fingerprint density at radius 2 is 1.69 bits per heavy atom. The van der Waals surface area contributed by atoms with Gasteiger partial charge in [-0.05, 0) is 68.4 Å². The van der Waals surface area contributed by atoms with Crippen molar-refractivity contribution < 1.29 is 34.2 Å². The fraction of sp³-hybridized carbons (Fsp3) is 0.424. The van der Waals surface area contributed by atoms with E-state index in [1.54, 1.807) is 42.5 Å². The maximum Gasteiger partial charge on any atom is 0.303 e. The van der Waals surface area contributed by atoms with Crippen LogP contribution in [-0.2, 0) is 24.0 Å². The third kappa shape index (κ3) is 4.25. The van der Waals surface area contributed by atoms with E-state index in [4.69, 9.17) is 5.11 Å². The Hall–Kier alpha value is -4.27. The van der Waals surface area contributed by atoms with E-state index in [0.717, 1.165) is 5.57 Å². The summed E-state index contributed by atoms with van der Waals surface area (Å²) < 4.78 is 0. The smallest absolute Gasteiger partial charge is 0.303 e. The summed E-state index contributed by atoms with van der Waals surface area (Å²) in [5.41, 5.74) is 0.917. The number of hydrogen-bond acceptors (Lipinski definition) is 6. The van der Waals surface area contributed by atoms with Gasteiger partial charge in [0, 0.05) is 18.9 Å². The minimum atomic E-state index is -1.15. The number of carbonyl (C=O) groups excluding carboxylic acids is 4. The number of hydrogen-bond donors (Lipinski definition) is 2. The lowest BCUT2D eigenvalue weighted by Crippen LogP contribution is -2.48. The molecule has 2 aromatic carbocycles. The van der Waals surface area contributed by atoms with E-state index in [2.05, 4.69) is 0 Å². The number of rotatable bonds is 8. The van der Waals surface area contributed by atoms with Crippen molar-refractivity contribution in [3.05, 3.63) is 71.8 Å². The summed E-state index contributed by atoms with van der Waals surface area (Å²) in [6, 6.07) is 15.6. The number of fused-ring (bicyclic) bond motifs is 4. The molecule has 0 bridgehead atoms. The molecule has 2 aliphatic heterocycles. The number of benzene rings is 2. The van der Waals surface area contributed by atoms with Crippen molar-refractivity contribution >= 4 is 35.3 Å². The molecule has 0 unspecified atom stereocenters. The zero-order valence-electron chi connectivity index (χ0n) is 23.4. The monoisotopic (exact) mass is 570 g/mol. The maximum absolute atomic E-state index is 14.3. The second-order valence-electron chi connectivity index (χ2n) is 12.1. The highest BCUT2D eigenvalue weighted by Crippen LogP contribution is 2.63. The Morgan fingerprint density at radius 3 is 2.40 bits per heavy atom. The normalized spacial score (nSPS) is 30.2. The fourth-order valence-corrected chi connectivity index (χ4v) is 7.93. The van der Waals surface area contributed by atoms with Gasteiger partial charge in [0.05, 0.1) is 28.9 Å². The average Bonchev–Trinajstić information content (AvgIpc) is 3.32. The summed E-state index contributed by atoms with van der Waals surface area (Å²) in [5.74, 6) is -4.77. The lowest BCUT2D eigenvalue weighted by molar-refractivity contribution is -0.141. The Kier molecular flexibility index (Phi) is 6.99. The molecular weight excluding hydrogens is 536 g/mol. The number of amides is 4. The van der Waals surface area contributed by atoms with E-state index < -0.39 is 41.0 Å². The van der Waals surface area contributed by atoms with Gasteiger partial charge in [0.1, 0.15) is 5.75 Å². The van der Waals surface area contributed by atoms with Crippen LogP contribution in [0.2, 0.25) is 0 Å². The van der Waals surface area contributed by atoms with Crippen molar-refractivity contribution in [1.29, 1.82) is 0 Å². The average molecular weight is 571 g/mol. The molecule has 2 heterocycles. The van der Waals surface area contributed by atoms with Crippen molar-refractivity contribution in [2.75, 3.05) is 11.4 Å². The highest BCUT2D eigenvalue weighted by atomic mass is 16.4. The topological polar surface area (TPSA) is 132 Å². The minimum absolute atomic E-state index is 0.0435. The quantitative estimate of drug-likeness (QED) is 0.275. The molecule has 2 saturated heterocycles. The maximum atomic E-state index is 14.3. The van der Waals surface area contributed by atoms with E-state index in [0.29, 0.717) is 36.9 Å². The summed E-state index contributed by atoms with van der Waals surface area (Å²) in [5, 5.41) is 19.3. The molecule has 6 rings (SSSR count). The van der Waals surface area contributed by atoms with Gasteiger partial charge in [-0.1, -0.05) is 48.4 Å². The number of carbonyl (C=O) groups is 5. The highest BCUT2D eigenvalue weighted by molar-refractivity contribution is 6.24. The Balaban J connectivity index is 1.37. The molecule has 9 heteroatoms. The molecule has 3 fully saturated rings. The first-order valence-corrected chi connectivity index (χ1v) is 14.6. The summed E-state index contributed by atoms with van der Waals surface area (Å²) in [6.45, 7) is 2.06. The lowest BCUT2D eigenvalue weighted by atomic mass is 9.51. The van der Waals surface area contributed by atoms with E-state index in [9.17, 15) is 29.1 Å². The number of para-hydroxylation sites is 1. The number of carboxylic acids is 1. The van der Waals surface area contributed by atoms with Crippen molar-refractivity contribution in [3.63, 3.8) is 0 Å². The van der Waals surface area contributed by atoms with Gasteiger partial charge in [0.25, 0.3) is 0 Å². The first kappa shape index (κ1) is 27.9. The van der Waals surface area contributed by atoms with Gasteiger partial charge in [0.2, 0.25) is 23.6 Å². The van der Waals surface area contributed by atoms with Crippen LogP contribution in [0.25, 0.3) is 0 Å².